The minimum atomic E-state index is -0.352. The smallest absolute Gasteiger partial charge is 0.333 e. The molecule has 0 saturated carbocycles. The second-order valence-electron chi connectivity index (χ2n) is 5.75. The maximum absolute atomic E-state index is 11.8. The molecule has 0 bridgehead atoms. The van der Waals surface area contributed by atoms with Crippen LogP contribution < -0.4 is 0 Å². The Morgan fingerprint density at radius 1 is 1.08 bits per heavy atom. The van der Waals surface area contributed by atoms with Crippen molar-refractivity contribution in [1.29, 1.82) is 0 Å². The Morgan fingerprint density at radius 3 is 2.58 bits per heavy atom. The van der Waals surface area contributed by atoms with Crippen LogP contribution in [0, 0.1) is 0 Å². The summed E-state index contributed by atoms with van der Waals surface area (Å²) in [6.07, 6.45) is 0. The van der Waals surface area contributed by atoms with Crippen LogP contribution in [0.15, 0.2) is 65.6 Å². The summed E-state index contributed by atoms with van der Waals surface area (Å²) >= 11 is 1.81. The second-order valence-corrected chi connectivity index (χ2v) is 7.09. The number of ether oxygens (including phenoxy) is 1. The van der Waals surface area contributed by atoms with Crippen LogP contribution in [-0.4, -0.2) is 11.7 Å². The number of carbonyl (C=O) groups excluding carboxylic acids is 1. The molecule has 0 atom stereocenters. The van der Waals surface area contributed by atoms with Gasteiger partial charge >= 0.3 is 5.97 Å². The van der Waals surface area contributed by atoms with Gasteiger partial charge < -0.3 is 4.74 Å². The molecule has 0 fully saturated rings. The molecule has 0 radical (unpaired) electrons. The zero-order valence-corrected chi connectivity index (χ0v) is 14.8. The highest BCUT2D eigenvalue weighted by molar-refractivity contribution is 7.99. The van der Waals surface area contributed by atoms with Gasteiger partial charge in [0.05, 0.1) is 0 Å². The Bertz CT molecular complexity index is 928. The zero-order valence-electron chi connectivity index (χ0n) is 14.0. The van der Waals surface area contributed by atoms with Gasteiger partial charge in [-0.3, -0.25) is 0 Å². The minimum absolute atomic E-state index is 0.254. The third-order valence-electron chi connectivity index (χ3n) is 3.95. The van der Waals surface area contributed by atoms with Crippen LogP contribution in [0.5, 0.6) is 0 Å². The molecule has 3 rings (SSSR count). The highest BCUT2D eigenvalue weighted by Gasteiger charge is 2.11. The van der Waals surface area contributed by atoms with Crippen LogP contribution >= 0.6 is 11.8 Å². The normalized spacial score (nSPS) is 10.9. The van der Waals surface area contributed by atoms with E-state index in [0.29, 0.717) is 5.57 Å². The summed E-state index contributed by atoms with van der Waals surface area (Å²) in [5.74, 6) is 0.675. The van der Waals surface area contributed by atoms with Gasteiger partial charge in [-0.2, -0.15) is 0 Å². The number of hydrogen-bond acceptors (Lipinski definition) is 3. The highest BCUT2D eigenvalue weighted by Crippen LogP contribution is 2.32. The van der Waals surface area contributed by atoms with E-state index in [1.165, 1.54) is 4.90 Å². The summed E-state index contributed by atoms with van der Waals surface area (Å²) in [5.41, 5.74) is 1.47. The van der Waals surface area contributed by atoms with E-state index in [1.807, 2.05) is 23.9 Å². The highest BCUT2D eigenvalue weighted by atomic mass is 32.2. The van der Waals surface area contributed by atoms with E-state index in [4.69, 9.17) is 4.74 Å². The van der Waals surface area contributed by atoms with E-state index >= 15 is 0 Å². The van der Waals surface area contributed by atoms with Gasteiger partial charge in [0.15, 0.2) is 0 Å². The van der Waals surface area contributed by atoms with Crippen molar-refractivity contribution in [3.05, 3.63) is 66.2 Å². The number of esters is 1. The SMILES string of the molecule is C=C(C)C(=O)OCc1c2ccccc2cc2ccc(SCC)cc12. The molecular formula is C21H20O2S. The summed E-state index contributed by atoms with van der Waals surface area (Å²) in [5, 5.41) is 4.58. The molecule has 2 nitrogen and oxygen atoms in total. The molecule has 122 valence electrons. The van der Waals surface area contributed by atoms with Crippen LogP contribution in [0.2, 0.25) is 0 Å². The van der Waals surface area contributed by atoms with E-state index in [9.17, 15) is 4.79 Å². The lowest BCUT2D eigenvalue weighted by molar-refractivity contribution is -0.140. The number of hydrogen-bond donors (Lipinski definition) is 0. The summed E-state index contributed by atoms with van der Waals surface area (Å²) in [4.78, 5) is 13.1. The van der Waals surface area contributed by atoms with Gasteiger partial charge in [-0.15, -0.1) is 11.8 Å². The van der Waals surface area contributed by atoms with Gasteiger partial charge in [0, 0.05) is 16.0 Å². The molecule has 0 spiro atoms. The van der Waals surface area contributed by atoms with Gasteiger partial charge in [0.25, 0.3) is 0 Å². The van der Waals surface area contributed by atoms with Crippen molar-refractivity contribution in [2.24, 2.45) is 0 Å². The Balaban J connectivity index is 2.16. The molecule has 0 heterocycles. The maximum Gasteiger partial charge on any atom is 0.333 e. The number of benzene rings is 3. The quantitative estimate of drug-likeness (QED) is 0.258. The van der Waals surface area contributed by atoms with Crippen molar-refractivity contribution in [2.45, 2.75) is 25.3 Å². The van der Waals surface area contributed by atoms with E-state index < -0.39 is 0 Å². The first-order valence-corrected chi connectivity index (χ1v) is 8.98. The second kappa shape index (κ2) is 7.10. The van der Waals surface area contributed by atoms with Gasteiger partial charge in [-0.25, -0.2) is 4.79 Å². The van der Waals surface area contributed by atoms with Crippen molar-refractivity contribution in [3.63, 3.8) is 0 Å². The molecule has 24 heavy (non-hydrogen) atoms. The molecule has 0 aliphatic rings. The average molecular weight is 336 g/mol. The molecule has 3 heteroatoms. The molecular weight excluding hydrogens is 316 g/mol. The van der Waals surface area contributed by atoms with Crippen LogP contribution in [-0.2, 0) is 16.1 Å². The summed E-state index contributed by atoms with van der Waals surface area (Å²) < 4.78 is 5.46. The van der Waals surface area contributed by atoms with Crippen LogP contribution in [0.1, 0.15) is 19.4 Å². The van der Waals surface area contributed by atoms with Gasteiger partial charge in [-0.05, 0) is 52.4 Å². The molecule has 3 aromatic rings. The van der Waals surface area contributed by atoms with E-state index in [1.54, 1.807) is 6.92 Å². The summed E-state index contributed by atoms with van der Waals surface area (Å²) in [7, 11) is 0. The maximum atomic E-state index is 11.8. The summed E-state index contributed by atoms with van der Waals surface area (Å²) in [6, 6.07) is 16.9. The number of carbonyl (C=O) groups is 1. The fraction of sp³-hybridized carbons (Fsp3) is 0.190. The van der Waals surface area contributed by atoms with Gasteiger partial charge in [-0.1, -0.05) is 43.8 Å². The predicted molar refractivity (Wildman–Crippen MR) is 102 cm³/mol. The van der Waals surface area contributed by atoms with Crippen molar-refractivity contribution >= 4 is 39.3 Å². The molecule has 0 aromatic heterocycles. The first-order chi connectivity index (χ1) is 11.6. The Hall–Kier alpha value is -2.26. The number of thioether (sulfide) groups is 1. The molecule has 0 aliphatic carbocycles. The lowest BCUT2D eigenvalue weighted by Gasteiger charge is -2.13. The molecule has 0 unspecified atom stereocenters. The van der Waals surface area contributed by atoms with Crippen LogP contribution in [0.25, 0.3) is 21.5 Å². The lowest BCUT2D eigenvalue weighted by Crippen LogP contribution is -2.05. The van der Waals surface area contributed by atoms with Crippen molar-refractivity contribution < 1.29 is 9.53 Å². The third kappa shape index (κ3) is 3.31. The molecule has 3 aromatic carbocycles. The van der Waals surface area contributed by atoms with Crippen LogP contribution in [0.4, 0.5) is 0 Å². The summed E-state index contributed by atoms with van der Waals surface area (Å²) in [6.45, 7) is 7.72. The van der Waals surface area contributed by atoms with Gasteiger partial charge in [0.1, 0.15) is 6.61 Å². The first-order valence-electron chi connectivity index (χ1n) is 8.00. The zero-order chi connectivity index (χ0) is 17.1. The predicted octanol–water partition coefficient (Wildman–Crippen LogP) is 5.72. The fourth-order valence-electron chi connectivity index (χ4n) is 2.81. The molecule has 0 aliphatic heterocycles. The van der Waals surface area contributed by atoms with Crippen molar-refractivity contribution in [1.82, 2.24) is 0 Å². The van der Waals surface area contributed by atoms with Crippen molar-refractivity contribution in [2.75, 3.05) is 5.75 Å². The fourth-order valence-corrected chi connectivity index (χ4v) is 3.50. The Morgan fingerprint density at radius 2 is 1.83 bits per heavy atom. The standard InChI is InChI=1S/C21H20O2S/c1-4-24-17-10-9-16-11-15-7-5-6-8-18(15)20(19(16)12-17)13-23-21(22)14(2)3/h5-12H,2,4,13H2,1,3H3. The molecule has 0 saturated heterocycles. The minimum Gasteiger partial charge on any atom is -0.457 e. The molecule has 0 amide bonds. The van der Waals surface area contributed by atoms with E-state index in [2.05, 4.69) is 49.9 Å². The monoisotopic (exact) mass is 336 g/mol. The van der Waals surface area contributed by atoms with Gasteiger partial charge in [0.2, 0.25) is 0 Å². The lowest BCUT2D eigenvalue weighted by atomic mass is 9.97. The third-order valence-corrected chi connectivity index (χ3v) is 4.83. The largest absolute Gasteiger partial charge is 0.457 e. The van der Waals surface area contributed by atoms with E-state index in [0.717, 1.165) is 32.9 Å². The first kappa shape index (κ1) is 16.6. The van der Waals surface area contributed by atoms with Crippen LogP contribution in [0.3, 0.4) is 0 Å². The van der Waals surface area contributed by atoms with Crippen molar-refractivity contribution in [3.8, 4) is 0 Å². The Kier molecular flexibility index (Phi) is 4.91. The topological polar surface area (TPSA) is 26.3 Å². The number of fused-ring (bicyclic) bond motifs is 2. The molecule has 0 N–H and O–H groups in total. The Labute approximate surface area is 146 Å². The average Bonchev–Trinajstić information content (AvgIpc) is 2.58. The number of rotatable bonds is 5. The van der Waals surface area contributed by atoms with E-state index in [-0.39, 0.29) is 12.6 Å².